The van der Waals surface area contributed by atoms with Gasteiger partial charge in [-0.1, -0.05) is 24.3 Å². The van der Waals surface area contributed by atoms with Crippen molar-refractivity contribution < 1.29 is 0 Å². The molecule has 4 nitrogen and oxygen atoms in total. The van der Waals surface area contributed by atoms with Crippen molar-refractivity contribution in [3.05, 3.63) is 59.4 Å². The van der Waals surface area contributed by atoms with E-state index < -0.39 is 0 Å². The van der Waals surface area contributed by atoms with E-state index in [1.165, 1.54) is 16.7 Å². The van der Waals surface area contributed by atoms with Crippen LogP contribution in [0.1, 0.15) is 16.8 Å². The number of aromatic nitrogens is 3. The van der Waals surface area contributed by atoms with Crippen molar-refractivity contribution in [2.75, 3.05) is 0 Å². The number of benzene rings is 1. The minimum absolute atomic E-state index is 0.366. The first-order chi connectivity index (χ1) is 10.2. The third-order valence-corrected chi connectivity index (χ3v) is 3.50. The Balaban J connectivity index is 2.00. The normalized spacial score (nSPS) is 10.3. The molecule has 0 unspecified atom stereocenters. The van der Waals surface area contributed by atoms with Crippen LogP contribution in [0.4, 0.5) is 0 Å². The predicted octanol–water partition coefficient (Wildman–Crippen LogP) is 3.63. The lowest BCUT2D eigenvalue weighted by Gasteiger charge is -2.09. The van der Waals surface area contributed by atoms with Gasteiger partial charge in [0, 0.05) is 17.8 Å². The molecule has 0 saturated heterocycles. The fourth-order valence-electron chi connectivity index (χ4n) is 2.48. The summed E-state index contributed by atoms with van der Waals surface area (Å²) in [5.74, 6) is 0. The number of pyridine rings is 1. The second-order valence-corrected chi connectivity index (χ2v) is 4.98. The van der Waals surface area contributed by atoms with Gasteiger partial charge in [-0.25, -0.2) is 0 Å². The van der Waals surface area contributed by atoms with Crippen LogP contribution in [0.15, 0.2) is 42.6 Å². The van der Waals surface area contributed by atoms with Crippen molar-refractivity contribution in [2.24, 2.45) is 0 Å². The summed E-state index contributed by atoms with van der Waals surface area (Å²) in [6.45, 7) is 4.20. The summed E-state index contributed by atoms with van der Waals surface area (Å²) >= 11 is 0. The average molecular weight is 274 g/mol. The number of hydrogen-bond donors (Lipinski definition) is 1. The van der Waals surface area contributed by atoms with Gasteiger partial charge in [0.25, 0.3) is 0 Å². The Morgan fingerprint density at radius 2 is 1.86 bits per heavy atom. The summed E-state index contributed by atoms with van der Waals surface area (Å²) in [4.78, 5) is 4.47. The highest BCUT2D eigenvalue weighted by Gasteiger charge is 2.08. The summed E-state index contributed by atoms with van der Waals surface area (Å²) in [5.41, 5.74) is 6.67. The van der Waals surface area contributed by atoms with E-state index in [1.54, 1.807) is 6.07 Å². The molecule has 1 aromatic carbocycles. The highest BCUT2D eigenvalue weighted by molar-refractivity contribution is 5.71. The fourth-order valence-corrected chi connectivity index (χ4v) is 2.48. The third kappa shape index (κ3) is 2.41. The van der Waals surface area contributed by atoms with Gasteiger partial charge in [-0.15, -0.1) is 0 Å². The van der Waals surface area contributed by atoms with Crippen LogP contribution in [-0.2, 0) is 0 Å². The maximum absolute atomic E-state index is 8.80. The number of aromatic amines is 1. The first-order valence-corrected chi connectivity index (χ1v) is 6.67. The standard InChI is InChI=1S/C17H14N4/c1-11-4-3-5-12(2)17(11)13-6-7-15(19-10-13)16-8-14(9-18)20-21-16/h3-8,10H,1-2H3,(H,20,21). The lowest BCUT2D eigenvalue weighted by atomic mass is 9.97. The van der Waals surface area contributed by atoms with Crippen LogP contribution in [-0.4, -0.2) is 15.2 Å². The highest BCUT2D eigenvalue weighted by Crippen LogP contribution is 2.27. The van der Waals surface area contributed by atoms with E-state index in [0.717, 1.165) is 17.0 Å². The predicted molar refractivity (Wildman–Crippen MR) is 81.4 cm³/mol. The summed E-state index contributed by atoms with van der Waals surface area (Å²) in [6, 6.07) is 13.9. The molecule has 0 aliphatic carbocycles. The van der Waals surface area contributed by atoms with Crippen LogP contribution in [0, 0.1) is 25.2 Å². The fraction of sp³-hybridized carbons (Fsp3) is 0.118. The number of rotatable bonds is 2. The molecule has 3 rings (SSSR count). The van der Waals surface area contributed by atoms with Crippen LogP contribution >= 0.6 is 0 Å². The molecule has 1 N–H and O–H groups in total. The van der Waals surface area contributed by atoms with Crippen molar-refractivity contribution in [1.29, 1.82) is 5.26 Å². The monoisotopic (exact) mass is 274 g/mol. The van der Waals surface area contributed by atoms with Gasteiger partial charge in [-0.05, 0) is 36.6 Å². The van der Waals surface area contributed by atoms with Gasteiger partial charge in [-0.3, -0.25) is 10.1 Å². The number of aryl methyl sites for hydroxylation is 2. The maximum atomic E-state index is 8.80. The molecule has 0 fully saturated rings. The largest absolute Gasteiger partial charge is 0.275 e. The van der Waals surface area contributed by atoms with Gasteiger partial charge in [0.2, 0.25) is 0 Å². The number of nitrogens with one attached hydrogen (secondary N) is 1. The summed E-state index contributed by atoms with van der Waals surface area (Å²) < 4.78 is 0. The Hall–Kier alpha value is -2.93. The van der Waals surface area contributed by atoms with Crippen LogP contribution in [0.25, 0.3) is 22.5 Å². The zero-order chi connectivity index (χ0) is 14.8. The van der Waals surface area contributed by atoms with Gasteiger partial charge < -0.3 is 0 Å². The summed E-state index contributed by atoms with van der Waals surface area (Å²) in [7, 11) is 0. The van der Waals surface area contributed by atoms with Crippen molar-refractivity contribution in [2.45, 2.75) is 13.8 Å². The van der Waals surface area contributed by atoms with E-state index in [0.29, 0.717) is 5.69 Å². The molecule has 2 aromatic heterocycles. The molecular weight excluding hydrogens is 260 g/mol. The Kier molecular flexibility index (Phi) is 3.25. The van der Waals surface area contributed by atoms with Crippen molar-refractivity contribution in [1.82, 2.24) is 15.2 Å². The summed E-state index contributed by atoms with van der Waals surface area (Å²) in [5, 5.41) is 15.5. The molecule has 0 radical (unpaired) electrons. The molecule has 102 valence electrons. The van der Waals surface area contributed by atoms with Crippen molar-refractivity contribution in [3.8, 4) is 28.6 Å². The molecule has 0 atom stereocenters. The molecule has 0 bridgehead atoms. The molecule has 0 aliphatic heterocycles. The first-order valence-electron chi connectivity index (χ1n) is 6.67. The van der Waals surface area contributed by atoms with Gasteiger partial charge in [0.1, 0.15) is 6.07 Å². The minimum Gasteiger partial charge on any atom is -0.275 e. The smallest absolute Gasteiger partial charge is 0.162 e. The molecular formula is C17H14N4. The van der Waals surface area contributed by atoms with E-state index in [1.807, 2.05) is 24.4 Å². The van der Waals surface area contributed by atoms with Crippen molar-refractivity contribution >= 4 is 0 Å². The second kappa shape index (κ2) is 5.22. The zero-order valence-corrected chi connectivity index (χ0v) is 11.9. The summed E-state index contributed by atoms with van der Waals surface area (Å²) in [6.07, 6.45) is 1.86. The lowest BCUT2D eigenvalue weighted by Crippen LogP contribution is -1.90. The third-order valence-electron chi connectivity index (χ3n) is 3.50. The Morgan fingerprint density at radius 3 is 2.43 bits per heavy atom. The highest BCUT2D eigenvalue weighted by atomic mass is 15.1. The van der Waals surface area contributed by atoms with Crippen LogP contribution < -0.4 is 0 Å². The number of hydrogen-bond acceptors (Lipinski definition) is 3. The SMILES string of the molecule is Cc1cccc(C)c1-c1ccc(-c2cc(C#N)n[nH]2)nc1. The van der Waals surface area contributed by atoms with E-state index >= 15 is 0 Å². The van der Waals surface area contributed by atoms with Crippen LogP contribution in [0.5, 0.6) is 0 Å². The van der Waals surface area contributed by atoms with Gasteiger partial charge in [0.15, 0.2) is 5.69 Å². The van der Waals surface area contributed by atoms with E-state index in [9.17, 15) is 0 Å². The Morgan fingerprint density at radius 1 is 1.10 bits per heavy atom. The molecule has 2 heterocycles. The minimum atomic E-state index is 0.366. The zero-order valence-electron chi connectivity index (χ0n) is 11.9. The molecule has 0 amide bonds. The van der Waals surface area contributed by atoms with Crippen LogP contribution in [0.2, 0.25) is 0 Å². The number of H-pyrrole nitrogens is 1. The topological polar surface area (TPSA) is 65.4 Å². The van der Waals surface area contributed by atoms with E-state index in [2.05, 4.69) is 47.2 Å². The molecule has 0 saturated carbocycles. The lowest BCUT2D eigenvalue weighted by molar-refractivity contribution is 1.07. The van der Waals surface area contributed by atoms with E-state index in [-0.39, 0.29) is 0 Å². The van der Waals surface area contributed by atoms with Gasteiger partial charge >= 0.3 is 0 Å². The van der Waals surface area contributed by atoms with Gasteiger partial charge in [0.05, 0.1) is 11.4 Å². The first kappa shape index (κ1) is 13.1. The molecule has 0 spiro atoms. The molecule has 4 heteroatoms. The molecule has 21 heavy (non-hydrogen) atoms. The second-order valence-electron chi connectivity index (χ2n) is 4.98. The Bertz CT molecular complexity index is 802. The quantitative estimate of drug-likeness (QED) is 0.776. The number of nitrogens with zero attached hydrogens (tertiary/aromatic N) is 3. The van der Waals surface area contributed by atoms with Gasteiger partial charge in [-0.2, -0.15) is 10.4 Å². The Labute approximate surface area is 123 Å². The molecule has 0 aliphatic rings. The van der Waals surface area contributed by atoms with E-state index in [4.69, 9.17) is 5.26 Å². The van der Waals surface area contributed by atoms with Crippen LogP contribution in [0.3, 0.4) is 0 Å². The average Bonchev–Trinajstić information content (AvgIpc) is 2.97. The van der Waals surface area contributed by atoms with Crippen molar-refractivity contribution in [3.63, 3.8) is 0 Å². The number of nitriles is 1. The maximum Gasteiger partial charge on any atom is 0.162 e. The molecule has 3 aromatic rings.